The van der Waals surface area contributed by atoms with Gasteiger partial charge in [-0.1, -0.05) is 32.1 Å². The smallest absolute Gasteiger partial charge is 0.0621 e. The second-order valence-corrected chi connectivity index (χ2v) is 5.11. The minimum absolute atomic E-state index is 0.130. The maximum Gasteiger partial charge on any atom is 0.0621 e. The molecule has 2 atom stereocenters. The van der Waals surface area contributed by atoms with Crippen molar-refractivity contribution >= 4 is 0 Å². The fraction of sp³-hybridized carbons (Fsp3) is 1.00. The molecule has 2 aliphatic carbocycles. The minimum atomic E-state index is -0.250. The Kier molecular flexibility index (Phi) is 3.13. The maximum atomic E-state index is 10.2. The lowest BCUT2D eigenvalue weighted by atomic mass is 9.66. The van der Waals surface area contributed by atoms with Crippen molar-refractivity contribution in [1.29, 1.82) is 0 Å². The summed E-state index contributed by atoms with van der Waals surface area (Å²) in [5.41, 5.74) is -0.130. The van der Waals surface area contributed by atoms with Crippen LogP contribution in [0.5, 0.6) is 0 Å². The molecule has 0 heterocycles. The van der Waals surface area contributed by atoms with Gasteiger partial charge in [0.15, 0.2) is 0 Å². The molecule has 0 amide bonds. The average molecular weight is 198 g/mol. The zero-order chi connectivity index (χ0) is 10.0. The Hall–Kier alpha value is -0.0800. The van der Waals surface area contributed by atoms with Crippen LogP contribution in [0.15, 0.2) is 0 Å². The molecule has 0 aliphatic heterocycles. The SMILES string of the molecule is OC1CCCCC(O)C12CCCCC2. The van der Waals surface area contributed by atoms with E-state index >= 15 is 0 Å². The molecule has 0 radical (unpaired) electrons. The van der Waals surface area contributed by atoms with E-state index in [-0.39, 0.29) is 17.6 Å². The lowest BCUT2D eigenvalue weighted by Crippen LogP contribution is -2.45. The van der Waals surface area contributed by atoms with Crippen LogP contribution in [0, 0.1) is 5.41 Å². The van der Waals surface area contributed by atoms with E-state index in [2.05, 4.69) is 0 Å². The highest BCUT2D eigenvalue weighted by molar-refractivity contribution is 4.96. The fourth-order valence-electron chi connectivity index (χ4n) is 3.35. The highest BCUT2D eigenvalue weighted by atomic mass is 16.3. The van der Waals surface area contributed by atoms with Crippen LogP contribution in [0.4, 0.5) is 0 Å². The molecule has 14 heavy (non-hydrogen) atoms. The van der Waals surface area contributed by atoms with E-state index in [1.807, 2.05) is 0 Å². The van der Waals surface area contributed by atoms with Gasteiger partial charge >= 0.3 is 0 Å². The lowest BCUT2D eigenvalue weighted by Gasteiger charge is -2.43. The average Bonchev–Trinajstić information content (AvgIpc) is 2.35. The van der Waals surface area contributed by atoms with Crippen LogP contribution in [0.3, 0.4) is 0 Å². The molecule has 0 aromatic rings. The largest absolute Gasteiger partial charge is 0.392 e. The molecule has 2 unspecified atom stereocenters. The van der Waals surface area contributed by atoms with E-state index in [0.717, 1.165) is 38.5 Å². The minimum Gasteiger partial charge on any atom is -0.392 e. The van der Waals surface area contributed by atoms with Gasteiger partial charge in [-0.15, -0.1) is 0 Å². The quantitative estimate of drug-likeness (QED) is 0.626. The summed E-state index contributed by atoms with van der Waals surface area (Å²) in [5, 5.41) is 20.3. The molecule has 1 spiro atoms. The normalized spacial score (nSPS) is 38.1. The van der Waals surface area contributed by atoms with Gasteiger partial charge in [0.1, 0.15) is 0 Å². The van der Waals surface area contributed by atoms with Gasteiger partial charge in [0.25, 0.3) is 0 Å². The summed E-state index contributed by atoms with van der Waals surface area (Å²) < 4.78 is 0. The van der Waals surface area contributed by atoms with Crippen molar-refractivity contribution in [3.05, 3.63) is 0 Å². The van der Waals surface area contributed by atoms with Gasteiger partial charge in [0.05, 0.1) is 12.2 Å². The Morgan fingerprint density at radius 3 is 1.71 bits per heavy atom. The van der Waals surface area contributed by atoms with E-state index < -0.39 is 0 Å². The third-order valence-electron chi connectivity index (χ3n) is 4.32. The van der Waals surface area contributed by atoms with E-state index in [1.165, 1.54) is 19.3 Å². The molecule has 2 aliphatic rings. The van der Waals surface area contributed by atoms with E-state index in [0.29, 0.717) is 0 Å². The van der Waals surface area contributed by atoms with Crippen molar-refractivity contribution in [2.24, 2.45) is 5.41 Å². The summed E-state index contributed by atoms with van der Waals surface area (Å²) in [4.78, 5) is 0. The van der Waals surface area contributed by atoms with Crippen molar-refractivity contribution in [3.63, 3.8) is 0 Å². The Bertz CT molecular complexity index is 171. The summed E-state index contributed by atoms with van der Waals surface area (Å²) in [6.07, 6.45) is 9.20. The molecular formula is C12H22O2. The molecule has 2 saturated carbocycles. The van der Waals surface area contributed by atoms with E-state index in [1.54, 1.807) is 0 Å². The van der Waals surface area contributed by atoms with Crippen LogP contribution in [-0.2, 0) is 0 Å². The van der Waals surface area contributed by atoms with Crippen LogP contribution >= 0.6 is 0 Å². The van der Waals surface area contributed by atoms with Gasteiger partial charge in [-0.05, 0) is 25.7 Å². The molecule has 0 bridgehead atoms. The molecule has 0 saturated heterocycles. The van der Waals surface area contributed by atoms with Crippen molar-refractivity contribution in [1.82, 2.24) is 0 Å². The molecule has 2 heteroatoms. The van der Waals surface area contributed by atoms with Crippen LogP contribution in [0.1, 0.15) is 57.8 Å². The lowest BCUT2D eigenvalue weighted by molar-refractivity contribution is -0.0887. The third-order valence-corrected chi connectivity index (χ3v) is 4.32. The summed E-state index contributed by atoms with van der Waals surface area (Å²) in [6, 6.07) is 0. The zero-order valence-corrected chi connectivity index (χ0v) is 8.91. The van der Waals surface area contributed by atoms with Crippen molar-refractivity contribution in [2.45, 2.75) is 70.0 Å². The second-order valence-electron chi connectivity index (χ2n) is 5.11. The fourth-order valence-corrected chi connectivity index (χ4v) is 3.35. The number of rotatable bonds is 0. The number of aliphatic hydroxyl groups is 2. The Morgan fingerprint density at radius 2 is 1.21 bits per heavy atom. The first-order valence-electron chi connectivity index (χ1n) is 6.12. The van der Waals surface area contributed by atoms with Gasteiger partial charge in [0, 0.05) is 5.41 Å². The maximum absolute atomic E-state index is 10.2. The standard InChI is InChI=1S/C12H22O2/c13-10-6-2-3-7-11(14)12(10)8-4-1-5-9-12/h10-11,13-14H,1-9H2. The first-order chi connectivity index (χ1) is 6.76. The van der Waals surface area contributed by atoms with Gasteiger partial charge < -0.3 is 10.2 Å². The summed E-state index contributed by atoms with van der Waals surface area (Å²) in [5.74, 6) is 0. The molecule has 2 nitrogen and oxygen atoms in total. The first-order valence-corrected chi connectivity index (χ1v) is 6.12. The molecule has 0 aromatic carbocycles. The van der Waals surface area contributed by atoms with Gasteiger partial charge in [-0.2, -0.15) is 0 Å². The van der Waals surface area contributed by atoms with Gasteiger partial charge in [-0.25, -0.2) is 0 Å². The van der Waals surface area contributed by atoms with Crippen LogP contribution in [-0.4, -0.2) is 22.4 Å². The van der Waals surface area contributed by atoms with E-state index in [9.17, 15) is 10.2 Å². The molecule has 0 aromatic heterocycles. The Balaban J connectivity index is 2.16. The molecule has 82 valence electrons. The van der Waals surface area contributed by atoms with Crippen LogP contribution in [0.2, 0.25) is 0 Å². The third kappa shape index (κ3) is 1.70. The van der Waals surface area contributed by atoms with Gasteiger partial charge in [-0.3, -0.25) is 0 Å². The number of aliphatic hydroxyl groups excluding tert-OH is 2. The molecule has 2 N–H and O–H groups in total. The van der Waals surface area contributed by atoms with E-state index in [4.69, 9.17) is 0 Å². The topological polar surface area (TPSA) is 40.5 Å². The van der Waals surface area contributed by atoms with Crippen molar-refractivity contribution < 1.29 is 10.2 Å². The molecular weight excluding hydrogens is 176 g/mol. The first kappa shape index (κ1) is 10.4. The summed E-state index contributed by atoms with van der Waals surface area (Å²) in [6.45, 7) is 0. The van der Waals surface area contributed by atoms with Crippen LogP contribution in [0.25, 0.3) is 0 Å². The zero-order valence-electron chi connectivity index (χ0n) is 8.91. The summed E-state index contributed by atoms with van der Waals surface area (Å²) in [7, 11) is 0. The molecule has 2 rings (SSSR count). The number of hydrogen-bond donors (Lipinski definition) is 2. The second kappa shape index (κ2) is 4.19. The summed E-state index contributed by atoms with van der Waals surface area (Å²) >= 11 is 0. The predicted molar refractivity (Wildman–Crippen MR) is 56.0 cm³/mol. The predicted octanol–water partition coefficient (Wildman–Crippen LogP) is 2.23. The Labute approximate surface area is 86.3 Å². The van der Waals surface area contributed by atoms with Crippen molar-refractivity contribution in [3.8, 4) is 0 Å². The highest BCUT2D eigenvalue weighted by Gasteiger charge is 2.45. The van der Waals surface area contributed by atoms with Gasteiger partial charge in [0.2, 0.25) is 0 Å². The van der Waals surface area contributed by atoms with Crippen molar-refractivity contribution in [2.75, 3.05) is 0 Å². The monoisotopic (exact) mass is 198 g/mol. The molecule has 2 fully saturated rings. The highest BCUT2D eigenvalue weighted by Crippen LogP contribution is 2.46. The Morgan fingerprint density at radius 1 is 0.714 bits per heavy atom. The van der Waals surface area contributed by atoms with Crippen LogP contribution < -0.4 is 0 Å². The number of hydrogen-bond acceptors (Lipinski definition) is 2.